The van der Waals surface area contributed by atoms with E-state index in [4.69, 9.17) is 0 Å². The molecule has 56 valence electrons. The highest BCUT2D eigenvalue weighted by Crippen LogP contribution is 1.93. The van der Waals surface area contributed by atoms with Crippen molar-refractivity contribution in [3.05, 3.63) is 0 Å². The predicted molar refractivity (Wildman–Crippen MR) is 38.2 cm³/mol. The summed E-state index contributed by atoms with van der Waals surface area (Å²) in [6.07, 6.45) is -0.394. The summed E-state index contributed by atoms with van der Waals surface area (Å²) in [5.41, 5.74) is 0. The molecule has 9 heavy (non-hydrogen) atoms. The maximum Gasteiger partial charge on any atom is 0.122 e. The summed E-state index contributed by atoms with van der Waals surface area (Å²) in [5, 5.41) is 12.2. The molecule has 0 aromatic rings. The average Bonchev–Trinajstić information content (AvgIpc) is 1.84. The van der Waals surface area contributed by atoms with Crippen molar-refractivity contribution in [2.75, 3.05) is 21.1 Å². The van der Waals surface area contributed by atoms with Gasteiger partial charge in [0.1, 0.15) is 6.23 Å². The highest BCUT2D eigenvalue weighted by molar-refractivity contribution is 4.65. The Morgan fingerprint density at radius 1 is 1.44 bits per heavy atom. The van der Waals surface area contributed by atoms with Gasteiger partial charge in [0.05, 0.1) is 0 Å². The number of nitrogens with one attached hydrogen (secondary N) is 1. The van der Waals surface area contributed by atoms with E-state index in [2.05, 4.69) is 5.32 Å². The van der Waals surface area contributed by atoms with E-state index in [1.165, 1.54) is 0 Å². The minimum atomic E-state index is -0.394. The Hall–Kier alpha value is -0.120. The lowest BCUT2D eigenvalue weighted by atomic mass is 10.3. The summed E-state index contributed by atoms with van der Waals surface area (Å²) in [5.74, 6) is 0. The SMILES string of the molecule is CNC(C)C(O)N(C)C. The van der Waals surface area contributed by atoms with Crippen molar-refractivity contribution < 1.29 is 5.11 Å². The fourth-order valence-corrected chi connectivity index (χ4v) is 0.596. The summed E-state index contributed by atoms with van der Waals surface area (Å²) >= 11 is 0. The number of hydrogen-bond donors (Lipinski definition) is 2. The van der Waals surface area contributed by atoms with E-state index < -0.39 is 6.23 Å². The second kappa shape index (κ2) is 3.82. The van der Waals surface area contributed by atoms with Crippen LogP contribution in [0.25, 0.3) is 0 Å². The van der Waals surface area contributed by atoms with Gasteiger partial charge >= 0.3 is 0 Å². The second-order valence-corrected chi connectivity index (χ2v) is 2.45. The van der Waals surface area contributed by atoms with Crippen LogP contribution in [-0.4, -0.2) is 43.4 Å². The summed E-state index contributed by atoms with van der Waals surface area (Å²) in [4.78, 5) is 1.77. The molecule has 0 fully saturated rings. The van der Waals surface area contributed by atoms with Crippen LogP contribution in [0.3, 0.4) is 0 Å². The lowest BCUT2D eigenvalue weighted by Gasteiger charge is -2.24. The van der Waals surface area contributed by atoms with Gasteiger partial charge in [0.15, 0.2) is 0 Å². The minimum Gasteiger partial charge on any atom is -0.377 e. The Labute approximate surface area is 56.7 Å². The van der Waals surface area contributed by atoms with Crippen molar-refractivity contribution in [3.8, 4) is 0 Å². The molecule has 0 aromatic carbocycles. The highest BCUT2D eigenvalue weighted by atomic mass is 16.3. The van der Waals surface area contributed by atoms with Crippen LogP contribution in [-0.2, 0) is 0 Å². The topological polar surface area (TPSA) is 35.5 Å². The molecule has 3 nitrogen and oxygen atoms in total. The smallest absolute Gasteiger partial charge is 0.122 e. The first-order valence-electron chi connectivity index (χ1n) is 3.11. The molecule has 0 saturated heterocycles. The van der Waals surface area contributed by atoms with Crippen molar-refractivity contribution in [1.82, 2.24) is 10.2 Å². The van der Waals surface area contributed by atoms with Crippen LogP contribution in [0.1, 0.15) is 6.92 Å². The van der Waals surface area contributed by atoms with E-state index >= 15 is 0 Å². The third-order valence-corrected chi connectivity index (χ3v) is 1.43. The zero-order chi connectivity index (χ0) is 7.44. The summed E-state index contributed by atoms with van der Waals surface area (Å²) < 4.78 is 0. The maximum absolute atomic E-state index is 9.26. The summed E-state index contributed by atoms with van der Waals surface area (Å²) in [7, 11) is 5.52. The van der Waals surface area contributed by atoms with Crippen LogP contribution in [0.5, 0.6) is 0 Å². The molecule has 0 amide bonds. The van der Waals surface area contributed by atoms with Crippen LogP contribution < -0.4 is 5.32 Å². The van der Waals surface area contributed by atoms with Gasteiger partial charge in [-0.3, -0.25) is 4.90 Å². The van der Waals surface area contributed by atoms with Gasteiger partial charge in [0, 0.05) is 6.04 Å². The quantitative estimate of drug-likeness (QED) is 0.507. The lowest BCUT2D eigenvalue weighted by Crippen LogP contribution is -2.43. The zero-order valence-corrected chi connectivity index (χ0v) is 6.55. The van der Waals surface area contributed by atoms with Crippen molar-refractivity contribution in [2.45, 2.75) is 19.2 Å². The molecule has 0 aliphatic rings. The largest absolute Gasteiger partial charge is 0.377 e. The molecule has 2 atom stereocenters. The lowest BCUT2D eigenvalue weighted by molar-refractivity contribution is 0.0149. The van der Waals surface area contributed by atoms with Gasteiger partial charge in [-0.2, -0.15) is 0 Å². The molecular weight excluding hydrogens is 116 g/mol. The van der Waals surface area contributed by atoms with Crippen LogP contribution >= 0.6 is 0 Å². The Balaban J connectivity index is 3.58. The first-order chi connectivity index (χ1) is 4.09. The summed E-state index contributed by atoms with van der Waals surface area (Å²) in [6, 6.07) is 0.125. The van der Waals surface area contributed by atoms with Crippen molar-refractivity contribution in [2.24, 2.45) is 0 Å². The number of hydrogen-bond acceptors (Lipinski definition) is 3. The zero-order valence-electron chi connectivity index (χ0n) is 6.55. The van der Waals surface area contributed by atoms with Crippen LogP contribution in [0, 0.1) is 0 Å². The maximum atomic E-state index is 9.26. The molecule has 0 bridgehead atoms. The molecular formula is C6H16N2O. The Morgan fingerprint density at radius 2 is 1.89 bits per heavy atom. The normalized spacial score (nSPS) is 18.0. The van der Waals surface area contributed by atoms with Gasteiger partial charge in [-0.05, 0) is 28.1 Å². The highest BCUT2D eigenvalue weighted by Gasteiger charge is 2.12. The summed E-state index contributed by atoms with van der Waals surface area (Å²) in [6.45, 7) is 1.94. The molecule has 0 heterocycles. The molecule has 2 unspecified atom stereocenters. The van der Waals surface area contributed by atoms with Gasteiger partial charge in [0.25, 0.3) is 0 Å². The minimum absolute atomic E-state index is 0.125. The Bertz CT molecular complexity index is 75.5. The molecule has 2 N–H and O–H groups in total. The van der Waals surface area contributed by atoms with E-state index in [0.29, 0.717) is 0 Å². The third-order valence-electron chi connectivity index (χ3n) is 1.43. The first-order valence-corrected chi connectivity index (χ1v) is 3.11. The van der Waals surface area contributed by atoms with Crippen LogP contribution in [0.15, 0.2) is 0 Å². The second-order valence-electron chi connectivity index (χ2n) is 2.45. The average molecular weight is 132 g/mol. The van der Waals surface area contributed by atoms with Crippen molar-refractivity contribution >= 4 is 0 Å². The molecule has 3 heteroatoms. The first kappa shape index (κ1) is 8.88. The van der Waals surface area contributed by atoms with E-state index in [0.717, 1.165) is 0 Å². The molecule has 0 radical (unpaired) electrons. The molecule has 0 aliphatic heterocycles. The van der Waals surface area contributed by atoms with E-state index in [1.54, 1.807) is 4.90 Å². The number of aliphatic hydroxyl groups excluding tert-OH is 1. The number of aliphatic hydroxyl groups is 1. The fraction of sp³-hybridized carbons (Fsp3) is 1.00. The van der Waals surface area contributed by atoms with Crippen LogP contribution in [0.2, 0.25) is 0 Å². The Morgan fingerprint density at radius 3 is 2.00 bits per heavy atom. The Kier molecular flexibility index (Phi) is 3.77. The number of rotatable bonds is 3. The van der Waals surface area contributed by atoms with Crippen molar-refractivity contribution in [3.63, 3.8) is 0 Å². The fourth-order valence-electron chi connectivity index (χ4n) is 0.596. The van der Waals surface area contributed by atoms with E-state index in [1.807, 2.05) is 28.1 Å². The number of likely N-dealkylation sites (N-methyl/N-ethyl adjacent to an activating group) is 2. The number of nitrogens with zero attached hydrogens (tertiary/aromatic N) is 1. The monoisotopic (exact) mass is 132 g/mol. The predicted octanol–water partition coefficient (Wildman–Crippen LogP) is -0.526. The molecule has 0 spiro atoms. The van der Waals surface area contributed by atoms with E-state index in [-0.39, 0.29) is 6.04 Å². The third kappa shape index (κ3) is 2.79. The molecule has 0 rings (SSSR count). The van der Waals surface area contributed by atoms with Gasteiger partial charge < -0.3 is 10.4 Å². The molecule has 0 aromatic heterocycles. The molecule has 0 aliphatic carbocycles. The van der Waals surface area contributed by atoms with Gasteiger partial charge in [-0.25, -0.2) is 0 Å². The standard InChI is InChI=1S/C6H16N2O/c1-5(7-2)6(9)8(3)4/h5-7,9H,1-4H3. The van der Waals surface area contributed by atoms with Gasteiger partial charge in [0.2, 0.25) is 0 Å². The van der Waals surface area contributed by atoms with Crippen molar-refractivity contribution in [1.29, 1.82) is 0 Å². The van der Waals surface area contributed by atoms with Gasteiger partial charge in [-0.15, -0.1) is 0 Å². The molecule has 0 saturated carbocycles. The van der Waals surface area contributed by atoms with Crippen LogP contribution in [0.4, 0.5) is 0 Å². The van der Waals surface area contributed by atoms with E-state index in [9.17, 15) is 5.11 Å². The van der Waals surface area contributed by atoms with Gasteiger partial charge in [-0.1, -0.05) is 0 Å².